The fourth-order valence-corrected chi connectivity index (χ4v) is 4.73. The smallest absolute Gasteiger partial charge is 0.251 e. The van der Waals surface area contributed by atoms with Crippen molar-refractivity contribution in [2.24, 2.45) is 0 Å². The van der Waals surface area contributed by atoms with Gasteiger partial charge in [0, 0.05) is 37.1 Å². The number of aromatic nitrogens is 1. The third-order valence-electron chi connectivity index (χ3n) is 4.63. The summed E-state index contributed by atoms with van der Waals surface area (Å²) in [6.07, 6.45) is 2.85. The molecule has 0 aliphatic carbocycles. The molecule has 0 spiro atoms. The fourth-order valence-electron chi connectivity index (χ4n) is 3.19. The first-order valence-electron chi connectivity index (χ1n) is 8.84. The molecule has 0 saturated carbocycles. The molecule has 0 bridgehead atoms. The summed E-state index contributed by atoms with van der Waals surface area (Å²) in [6.45, 7) is 0.745. The highest BCUT2D eigenvalue weighted by Gasteiger charge is 2.27. The maximum absolute atomic E-state index is 12.7. The van der Waals surface area contributed by atoms with E-state index < -0.39 is 21.5 Å². The SMILES string of the molecule is O=C(Cn1cc(S(=O)(=O)N2CCCC2)ccc1=O)Nc1ccc2c(c1)OCO2. The van der Waals surface area contributed by atoms with Crippen LogP contribution in [0, 0.1) is 0 Å². The van der Waals surface area contributed by atoms with Crippen molar-refractivity contribution in [3.8, 4) is 11.5 Å². The standard InChI is InChI=1S/C18H19N3O6S/c22-17(19-13-3-5-15-16(9-13)27-12-26-15)11-20-10-14(4-6-18(20)23)28(24,25)21-7-1-2-8-21/h3-6,9-10H,1-2,7-8,11-12H2,(H,19,22). The number of nitrogens with one attached hydrogen (secondary N) is 1. The van der Waals surface area contributed by atoms with Gasteiger partial charge in [-0.15, -0.1) is 0 Å². The van der Waals surface area contributed by atoms with Crippen LogP contribution in [0.4, 0.5) is 5.69 Å². The summed E-state index contributed by atoms with van der Waals surface area (Å²) in [6, 6.07) is 7.39. The van der Waals surface area contributed by atoms with Crippen LogP contribution in [0.15, 0.2) is 46.2 Å². The van der Waals surface area contributed by atoms with Crippen LogP contribution in [0.3, 0.4) is 0 Å². The molecule has 1 saturated heterocycles. The predicted octanol–water partition coefficient (Wildman–Crippen LogP) is 1.00. The molecule has 2 aromatic rings. The Morgan fingerprint density at radius 3 is 2.61 bits per heavy atom. The van der Waals surface area contributed by atoms with Crippen molar-refractivity contribution in [3.05, 3.63) is 46.9 Å². The summed E-state index contributed by atoms with van der Waals surface area (Å²) in [5, 5.41) is 2.67. The Morgan fingerprint density at radius 2 is 1.82 bits per heavy atom. The van der Waals surface area contributed by atoms with Crippen LogP contribution >= 0.6 is 0 Å². The molecule has 0 atom stereocenters. The van der Waals surface area contributed by atoms with Gasteiger partial charge in [0.05, 0.1) is 4.90 Å². The van der Waals surface area contributed by atoms with Gasteiger partial charge in [-0.3, -0.25) is 9.59 Å². The first kappa shape index (κ1) is 18.5. The lowest BCUT2D eigenvalue weighted by Gasteiger charge is -2.16. The average Bonchev–Trinajstić information content (AvgIpc) is 3.34. The van der Waals surface area contributed by atoms with Crippen molar-refractivity contribution in [2.45, 2.75) is 24.3 Å². The summed E-state index contributed by atoms with van der Waals surface area (Å²) in [5.41, 5.74) is 0.0318. The molecular formula is C18H19N3O6S. The number of benzene rings is 1. The Balaban J connectivity index is 1.51. The zero-order valence-electron chi connectivity index (χ0n) is 15.0. The van der Waals surface area contributed by atoms with Gasteiger partial charge in [0.2, 0.25) is 22.7 Å². The molecule has 2 aliphatic rings. The number of sulfonamides is 1. The average molecular weight is 405 g/mol. The van der Waals surface area contributed by atoms with Crippen LogP contribution in [0.5, 0.6) is 11.5 Å². The highest BCUT2D eigenvalue weighted by atomic mass is 32.2. The largest absolute Gasteiger partial charge is 0.454 e. The van der Waals surface area contributed by atoms with E-state index in [4.69, 9.17) is 9.47 Å². The molecule has 28 heavy (non-hydrogen) atoms. The first-order chi connectivity index (χ1) is 13.4. The van der Waals surface area contributed by atoms with Gasteiger partial charge in [-0.05, 0) is 31.0 Å². The zero-order chi connectivity index (χ0) is 19.7. The first-order valence-corrected chi connectivity index (χ1v) is 10.3. The highest BCUT2D eigenvalue weighted by Crippen LogP contribution is 2.34. The number of carbonyl (C=O) groups excluding carboxylic acids is 1. The van der Waals surface area contributed by atoms with Crippen LogP contribution in [0.1, 0.15) is 12.8 Å². The van der Waals surface area contributed by atoms with Gasteiger partial charge < -0.3 is 19.4 Å². The number of hydrogen-bond acceptors (Lipinski definition) is 6. The van der Waals surface area contributed by atoms with Crippen LogP contribution in [0.2, 0.25) is 0 Å². The molecule has 1 fully saturated rings. The van der Waals surface area contributed by atoms with Gasteiger partial charge in [0.15, 0.2) is 11.5 Å². The zero-order valence-corrected chi connectivity index (χ0v) is 15.8. The molecule has 148 valence electrons. The summed E-state index contributed by atoms with van der Waals surface area (Å²) < 4.78 is 38.3. The summed E-state index contributed by atoms with van der Waals surface area (Å²) in [4.78, 5) is 24.5. The van der Waals surface area contributed by atoms with Crippen LogP contribution in [-0.4, -0.2) is 43.1 Å². The minimum atomic E-state index is -3.67. The summed E-state index contributed by atoms with van der Waals surface area (Å²) >= 11 is 0. The van der Waals surface area contributed by atoms with Crippen molar-refractivity contribution < 1.29 is 22.7 Å². The molecular weight excluding hydrogens is 386 g/mol. The molecule has 1 aromatic heterocycles. The van der Waals surface area contributed by atoms with Gasteiger partial charge in [-0.25, -0.2) is 8.42 Å². The van der Waals surface area contributed by atoms with Gasteiger partial charge in [-0.2, -0.15) is 4.31 Å². The van der Waals surface area contributed by atoms with E-state index in [1.807, 2.05) is 0 Å². The number of amides is 1. The molecule has 10 heteroatoms. The van der Waals surface area contributed by atoms with E-state index in [0.717, 1.165) is 23.5 Å². The lowest BCUT2D eigenvalue weighted by Crippen LogP contribution is -2.31. The quantitative estimate of drug-likeness (QED) is 0.795. The number of pyridine rings is 1. The maximum Gasteiger partial charge on any atom is 0.251 e. The number of carbonyl (C=O) groups is 1. The van der Waals surface area contributed by atoms with Crippen LogP contribution in [0.25, 0.3) is 0 Å². The van der Waals surface area contributed by atoms with E-state index in [1.165, 1.54) is 16.6 Å². The Kier molecular flexibility index (Phi) is 4.82. The second-order valence-corrected chi connectivity index (χ2v) is 8.50. The lowest BCUT2D eigenvalue weighted by molar-refractivity contribution is -0.116. The third kappa shape index (κ3) is 3.60. The minimum Gasteiger partial charge on any atom is -0.454 e. The molecule has 0 radical (unpaired) electrons. The monoisotopic (exact) mass is 405 g/mol. The molecule has 1 aromatic carbocycles. The van der Waals surface area contributed by atoms with Crippen molar-refractivity contribution in [2.75, 3.05) is 25.2 Å². The third-order valence-corrected chi connectivity index (χ3v) is 6.51. The number of ether oxygens (including phenoxy) is 2. The number of nitrogens with zero attached hydrogens (tertiary/aromatic N) is 2. The van der Waals surface area contributed by atoms with Gasteiger partial charge >= 0.3 is 0 Å². The van der Waals surface area contributed by atoms with Gasteiger partial charge in [-0.1, -0.05) is 0 Å². The molecule has 4 rings (SSSR count). The van der Waals surface area contributed by atoms with E-state index in [2.05, 4.69) is 5.32 Å². The minimum absolute atomic E-state index is 0.00452. The second-order valence-electron chi connectivity index (χ2n) is 6.56. The van der Waals surface area contributed by atoms with Crippen LogP contribution < -0.4 is 20.3 Å². The lowest BCUT2D eigenvalue weighted by atomic mass is 10.3. The number of rotatable bonds is 5. The Bertz CT molecular complexity index is 1070. The van der Waals surface area contributed by atoms with Crippen molar-refractivity contribution in [1.82, 2.24) is 8.87 Å². The predicted molar refractivity (Wildman–Crippen MR) is 99.9 cm³/mol. The van der Waals surface area contributed by atoms with Crippen molar-refractivity contribution in [3.63, 3.8) is 0 Å². The van der Waals surface area contributed by atoms with Gasteiger partial charge in [0.1, 0.15) is 6.54 Å². The summed E-state index contributed by atoms with van der Waals surface area (Å²) in [5.74, 6) is 0.652. The van der Waals surface area contributed by atoms with E-state index in [9.17, 15) is 18.0 Å². The normalized spacial score (nSPS) is 16.3. The Hall–Kier alpha value is -2.85. The summed E-state index contributed by atoms with van der Waals surface area (Å²) in [7, 11) is -3.67. The van der Waals surface area contributed by atoms with E-state index >= 15 is 0 Å². The van der Waals surface area contributed by atoms with Crippen molar-refractivity contribution in [1.29, 1.82) is 0 Å². The van der Waals surface area contributed by atoms with Crippen molar-refractivity contribution >= 4 is 21.6 Å². The van der Waals surface area contributed by atoms with E-state index in [1.54, 1.807) is 18.2 Å². The van der Waals surface area contributed by atoms with Crippen LogP contribution in [-0.2, 0) is 21.4 Å². The molecule has 9 nitrogen and oxygen atoms in total. The maximum atomic E-state index is 12.7. The second kappa shape index (κ2) is 7.28. The molecule has 3 heterocycles. The Labute approximate surface area is 161 Å². The van der Waals surface area contributed by atoms with E-state index in [0.29, 0.717) is 30.3 Å². The van der Waals surface area contributed by atoms with E-state index in [-0.39, 0.29) is 18.2 Å². The number of fused-ring (bicyclic) bond motifs is 1. The molecule has 0 unspecified atom stereocenters. The Morgan fingerprint density at radius 1 is 1.07 bits per heavy atom. The fraction of sp³-hybridized carbons (Fsp3) is 0.333. The molecule has 1 N–H and O–H groups in total. The topological polar surface area (TPSA) is 107 Å². The number of anilines is 1. The molecule has 2 aliphatic heterocycles. The van der Waals surface area contributed by atoms with Gasteiger partial charge in [0.25, 0.3) is 5.56 Å². The highest BCUT2D eigenvalue weighted by molar-refractivity contribution is 7.89. The number of hydrogen-bond donors (Lipinski definition) is 1. The molecule has 1 amide bonds.